The molecule has 5 rings (SSSR count). The van der Waals surface area contributed by atoms with Gasteiger partial charge in [-0.25, -0.2) is 0 Å². The first-order chi connectivity index (χ1) is 18.8. The maximum absolute atomic E-state index is 13.6. The lowest BCUT2D eigenvalue weighted by atomic mass is 9.95. The fourth-order valence-electron chi connectivity index (χ4n) is 5.72. The normalized spacial score (nSPS) is 16.0. The molecule has 0 saturated heterocycles. The van der Waals surface area contributed by atoms with Crippen molar-refractivity contribution >= 4 is 57.4 Å². The number of nitrogens with zero attached hydrogens (tertiary/aromatic N) is 2. The van der Waals surface area contributed by atoms with Crippen molar-refractivity contribution in [2.75, 3.05) is 11.4 Å². The number of amides is 3. The fraction of sp³-hybridized carbons (Fsp3) is 0.387. The highest BCUT2D eigenvalue weighted by molar-refractivity contribution is 6.42. The number of carbonyl (C=O) groups is 3. The number of benzene rings is 3. The molecule has 1 N–H and O–H groups in total. The highest BCUT2D eigenvalue weighted by Crippen LogP contribution is 2.37. The molecular formula is C31H33Cl2N3O3. The van der Waals surface area contributed by atoms with Gasteiger partial charge in [0, 0.05) is 36.5 Å². The van der Waals surface area contributed by atoms with Crippen molar-refractivity contribution in [1.82, 2.24) is 10.2 Å². The second-order valence-electron chi connectivity index (χ2n) is 10.5. The molecular weight excluding hydrogens is 533 g/mol. The van der Waals surface area contributed by atoms with Gasteiger partial charge in [0.15, 0.2) is 0 Å². The molecule has 1 unspecified atom stereocenters. The van der Waals surface area contributed by atoms with Crippen molar-refractivity contribution in [2.45, 2.75) is 70.5 Å². The topological polar surface area (TPSA) is 69.7 Å². The summed E-state index contributed by atoms with van der Waals surface area (Å²) in [7, 11) is 0. The van der Waals surface area contributed by atoms with Crippen molar-refractivity contribution in [2.24, 2.45) is 0 Å². The van der Waals surface area contributed by atoms with E-state index in [-0.39, 0.29) is 36.7 Å². The summed E-state index contributed by atoms with van der Waals surface area (Å²) >= 11 is 12.3. The zero-order valence-corrected chi connectivity index (χ0v) is 23.6. The van der Waals surface area contributed by atoms with Gasteiger partial charge in [-0.2, -0.15) is 0 Å². The molecule has 3 amide bonds. The van der Waals surface area contributed by atoms with E-state index in [0.717, 1.165) is 47.7 Å². The standard InChI is InChI=1S/C31H33Cl2N3O3/c1-20(30(38)34-23-10-3-2-4-11-23)36(19-21-15-16-25(32)26(33)18-21)28(37)14-7-17-35-27-13-6-9-22-8-5-12-24(29(22)27)31(35)39/h5-6,8-9,12-13,15-16,18,20,23H,2-4,7,10-11,14,17,19H2,1H3,(H,34,38). The number of hydrogen-bond donors (Lipinski definition) is 1. The quantitative estimate of drug-likeness (QED) is 0.312. The number of carbonyl (C=O) groups excluding carboxylic acids is 3. The number of hydrogen-bond acceptors (Lipinski definition) is 3. The van der Waals surface area contributed by atoms with Gasteiger partial charge in [-0.05, 0) is 61.4 Å². The van der Waals surface area contributed by atoms with E-state index in [1.807, 2.05) is 42.5 Å². The molecule has 1 aliphatic heterocycles. The molecule has 1 saturated carbocycles. The summed E-state index contributed by atoms with van der Waals surface area (Å²) in [5.41, 5.74) is 2.38. The first kappa shape index (κ1) is 27.5. The van der Waals surface area contributed by atoms with Crippen LogP contribution in [0.25, 0.3) is 10.8 Å². The number of nitrogens with one attached hydrogen (secondary N) is 1. The predicted molar refractivity (Wildman–Crippen MR) is 156 cm³/mol. The van der Waals surface area contributed by atoms with Gasteiger partial charge in [0.1, 0.15) is 6.04 Å². The highest BCUT2D eigenvalue weighted by Gasteiger charge is 2.31. The van der Waals surface area contributed by atoms with E-state index in [1.165, 1.54) is 6.42 Å². The summed E-state index contributed by atoms with van der Waals surface area (Å²) < 4.78 is 0. The maximum atomic E-state index is 13.6. The Kier molecular flexibility index (Phi) is 8.43. The van der Waals surface area contributed by atoms with E-state index in [0.29, 0.717) is 28.6 Å². The highest BCUT2D eigenvalue weighted by atomic mass is 35.5. The van der Waals surface area contributed by atoms with Crippen molar-refractivity contribution in [3.8, 4) is 0 Å². The third kappa shape index (κ3) is 5.92. The second kappa shape index (κ2) is 12.0. The van der Waals surface area contributed by atoms with Crippen LogP contribution in [0.15, 0.2) is 54.6 Å². The Morgan fingerprint density at radius 2 is 1.77 bits per heavy atom. The van der Waals surface area contributed by atoms with E-state index in [4.69, 9.17) is 23.2 Å². The number of rotatable bonds is 9. The number of halogens is 2. The molecule has 0 aromatic heterocycles. The molecule has 204 valence electrons. The minimum Gasteiger partial charge on any atom is -0.352 e. The zero-order valence-electron chi connectivity index (χ0n) is 22.1. The molecule has 0 spiro atoms. The van der Waals surface area contributed by atoms with Crippen LogP contribution in [0.5, 0.6) is 0 Å². The molecule has 0 radical (unpaired) electrons. The molecule has 1 atom stereocenters. The first-order valence-corrected chi connectivity index (χ1v) is 14.5. The SMILES string of the molecule is CC(C(=O)NC1CCCCC1)N(Cc1ccc(Cl)c(Cl)c1)C(=O)CCCN1C(=O)c2cccc3cccc1c23. The van der Waals surface area contributed by atoms with Gasteiger partial charge in [0.2, 0.25) is 11.8 Å². The lowest BCUT2D eigenvalue weighted by Crippen LogP contribution is -2.50. The van der Waals surface area contributed by atoms with Crippen molar-refractivity contribution in [1.29, 1.82) is 0 Å². The second-order valence-corrected chi connectivity index (χ2v) is 11.3. The molecule has 39 heavy (non-hydrogen) atoms. The predicted octanol–water partition coefficient (Wildman–Crippen LogP) is 6.75. The summed E-state index contributed by atoms with van der Waals surface area (Å²) in [4.78, 5) is 43.3. The monoisotopic (exact) mass is 565 g/mol. The van der Waals surface area contributed by atoms with Crippen molar-refractivity contribution < 1.29 is 14.4 Å². The molecule has 8 heteroatoms. The van der Waals surface area contributed by atoms with Gasteiger partial charge in [-0.1, -0.05) is 72.8 Å². The smallest absolute Gasteiger partial charge is 0.258 e. The minimum atomic E-state index is -0.652. The fourth-order valence-corrected chi connectivity index (χ4v) is 6.04. The van der Waals surface area contributed by atoms with Crippen LogP contribution < -0.4 is 10.2 Å². The molecule has 1 heterocycles. The zero-order chi connectivity index (χ0) is 27.5. The Morgan fingerprint density at radius 3 is 2.51 bits per heavy atom. The molecule has 1 fully saturated rings. The van der Waals surface area contributed by atoms with Crippen LogP contribution in [0.1, 0.15) is 67.8 Å². The van der Waals surface area contributed by atoms with Crippen LogP contribution in [-0.4, -0.2) is 41.2 Å². The average Bonchev–Trinajstić information content (AvgIpc) is 3.21. The molecule has 6 nitrogen and oxygen atoms in total. The third-order valence-corrected chi connectivity index (χ3v) is 8.62. The number of anilines is 1. The van der Waals surface area contributed by atoms with Crippen LogP contribution >= 0.6 is 23.2 Å². The van der Waals surface area contributed by atoms with E-state index in [2.05, 4.69) is 5.32 Å². The van der Waals surface area contributed by atoms with E-state index in [1.54, 1.807) is 28.9 Å². The van der Waals surface area contributed by atoms with E-state index < -0.39 is 6.04 Å². The van der Waals surface area contributed by atoms with Crippen molar-refractivity contribution in [3.05, 3.63) is 75.8 Å². The Hall–Kier alpha value is -3.09. The summed E-state index contributed by atoms with van der Waals surface area (Å²) in [6.45, 7) is 2.43. The van der Waals surface area contributed by atoms with Gasteiger partial charge in [0.25, 0.3) is 5.91 Å². The van der Waals surface area contributed by atoms with Gasteiger partial charge < -0.3 is 15.1 Å². The first-order valence-electron chi connectivity index (χ1n) is 13.7. The lowest BCUT2D eigenvalue weighted by molar-refractivity contribution is -0.141. The Balaban J connectivity index is 1.28. The lowest BCUT2D eigenvalue weighted by Gasteiger charge is -2.31. The third-order valence-electron chi connectivity index (χ3n) is 7.88. The minimum absolute atomic E-state index is 0.0397. The molecule has 2 aliphatic rings. The van der Waals surface area contributed by atoms with Crippen LogP contribution in [0, 0.1) is 0 Å². The maximum Gasteiger partial charge on any atom is 0.258 e. The van der Waals surface area contributed by atoms with Crippen LogP contribution in [0.2, 0.25) is 10.0 Å². The molecule has 0 bridgehead atoms. The molecule has 1 aliphatic carbocycles. The largest absolute Gasteiger partial charge is 0.352 e. The Morgan fingerprint density at radius 1 is 1.03 bits per heavy atom. The van der Waals surface area contributed by atoms with Gasteiger partial charge >= 0.3 is 0 Å². The molecule has 3 aromatic carbocycles. The van der Waals surface area contributed by atoms with Crippen molar-refractivity contribution in [3.63, 3.8) is 0 Å². The van der Waals surface area contributed by atoms with Crippen LogP contribution in [0.3, 0.4) is 0 Å². The average molecular weight is 567 g/mol. The summed E-state index contributed by atoms with van der Waals surface area (Å²) in [5, 5.41) is 5.99. The summed E-state index contributed by atoms with van der Waals surface area (Å²) in [6.07, 6.45) is 6.04. The Bertz CT molecular complexity index is 1400. The molecule has 3 aromatic rings. The summed E-state index contributed by atoms with van der Waals surface area (Å²) in [5.74, 6) is -0.330. The summed E-state index contributed by atoms with van der Waals surface area (Å²) in [6, 6.07) is 16.4. The van der Waals surface area contributed by atoms with Gasteiger partial charge in [0.05, 0.1) is 15.7 Å². The van der Waals surface area contributed by atoms with Gasteiger partial charge in [-0.3, -0.25) is 14.4 Å². The van der Waals surface area contributed by atoms with E-state index in [9.17, 15) is 14.4 Å². The van der Waals surface area contributed by atoms with Gasteiger partial charge in [-0.15, -0.1) is 0 Å². The van der Waals surface area contributed by atoms with E-state index >= 15 is 0 Å². The van der Waals surface area contributed by atoms with Crippen LogP contribution in [0.4, 0.5) is 5.69 Å². The van der Waals surface area contributed by atoms with Crippen LogP contribution in [-0.2, 0) is 16.1 Å². The Labute approximate surface area is 239 Å².